The van der Waals surface area contributed by atoms with Gasteiger partial charge in [-0.15, -0.1) is 0 Å². The van der Waals surface area contributed by atoms with Crippen molar-refractivity contribution < 1.29 is 0 Å². The summed E-state index contributed by atoms with van der Waals surface area (Å²) in [5, 5.41) is 0. The van der Waals surface area contributed by atoms with E-state index in [1.807, 2.05) is 32.4 Å². The maximum absolute atomic E-state index is 4.02. The maximum atomic E-state index is 4.02. The molecule has 2 heteroatoms. The molecule has 0 fully saturated rings. The molecule has 0 aromatic carbocycles. The highest BCUT2D eigenvalue weighted by atomic mass is 15.0. The Morgan fingerprint density at radius 3 is 2.92 bits per heavy atom. The number of aromatic nitrogens is 1. The minimum atomic E-state index is 0.967. The van der Waals surface area contributed by atoms with Crippen LogP contribution in [0.15, 0.2) is 30.6 Å². The molecule has 12 heavy (non-hydrogen) atoms. The molecule has 0 spiro atoms. The molecule has 1 rings (SSSR count). The lowest BCUT2D eigenvalue weighted by Gasteiger charge is -2.03. The molecule has 0 saturated carbocycles. The fourth-order valence-corrected chi connectivity index (χ4v) is 0.874. The molecule has 1 aromatic heterocycles. The van der Waals surface area contributed by atoms with Crippen molar-refractivity contribution >= 4 is 6.08 Å². The molecule has 0 radical (unpaired) electrons. The third-order valence-electron chi connectivity index (χ3n) is 1.47. The molecule has 1 aromatic rings. The highest BCUT2D eigenvalue weighted by molar-refractivity contribution is 5.47. The number of hydrogen-bond acceptors (Lipinski definition) is 2. The van der Waals surface area contributed by atoms with Crippen LogP contribution < -0.4 is 0 Å². The van der Waals surface area contributed by atoms with Gasteiger partial charge in [0, 0.05) is 18.9 Å². The lowest BCUT2D eigenvalue weighted by molar-refractivity contribution is 0.457. The maximum Gasteiger partial charge on any atom is 0.0340 e. The molecular formula is C10H14N2. The van der Waals surface area contributed by atoms with Gasteiger partial charge >= 0.3 is 0 Å². The van der Waals surface area contributed by atoms with Gasteiger partial charge in [0.15, 0.2) is 0 Å². The first-order valence-corrected chi connectivity index (χ1v) is 4.00. The Morgan fingerprint density at radius 2 is 2.33 bits per heavy atom. The van der Waals surface area contributed by atoms with Crippen LogP contribution in [0.3, 0.4) is 0 Å². The first kappa shape index (κ1) is 8.94. The highest BCUT2D eigenvalue weighted by Gasteiger charge is 1.84. The van der Waals surface area contributed by atoms with E-state index in [0.29, 0.717) is 0 Å². The van der Waals surface area contributed by atoms with Gasteiger partial charge in [0.1, 0.15) is 0 Å². The summed E-state index contributed by atoms with van der Waals surface area (Å²) in [4.78, 5) is 6.14. The van der Waals surface area contributed by atoms with Crippen molar-refractivity contribution in [1.82, 2.24) is 9.88 Å². The van der Waals surface area contributed by atoms with Crippen LogP contribution in [0.2, 0.25) is 0 Å². The minimum absolute atomic E-state index is 0.967. The Morgan fingerprint density at radius 1 is 1.50 bits per heavy atom. The van der Waals surface area contributed by atoms with Crippen LogP contribution in [-0.4, -0.2) is 30.5 Å². The van der Waals surface area contributed by atoms with Crippen molar-refractivity contribution in [2.75, 3.05) is 20.6 Å². The first-order valence-electron chi connectivity index (χ1n) is 4.00. The van der Waals surface area contributed by atoms with Gasteiger partial charge in [-0.25, -0.2) is 0 Å². The molecular weight excluding hydrogens is 148 g/mol. The summed E-state index contributed by atoms with van der Waals surface area (Å²) in [6.45, 7) is 0.967. The van der Waals surface area contributed by atoms with Crippen molar-refractivity contribution in [2.24, 2.45) is 0 Å². The minimum Gasteiger partial charge on any atom is -0.306 e. The molecule has 64 valence electrons. The standard InChI is InChI=1S/C10H14N2/c1-12(2)8-4-6-10-5-3-7-11-9-10/h3-7,9H,8H2,1-2H3. The molecule has 0 atom stereocenters. The van der Waals surface area contributed by atoms with Crippen molar-refractivity contribution in [1.29, 1.82) is 0 Å². The number of nitrogens with zero attached hydrogens (tertiary/aromatic N) is 2. The average molecular weight is 162 g/mol. The molecule has 0 aliphatic rings. The predicted octanol–water partition coefficient (Wildman–Crippen LogP) is 1.66. The number of pyridine rings is 1. The molecule has 0 N–H and O–H groups in total. The molecule has 0 aliphatic heterocycles. The summed E-state index contributed by atoms with van der Waals surface area (Å²) >= 11 is 0. The van der Waals surface area contributed by atoms with E-state index in [9.17, 15) is 0 Å². The highest BCUT2D eigenvalue weighted by Crippen LogP contribution is 1.97. The van der Waals surface area contributed by atoms with E-state index < -0.39 is 0 Å². The van der Waals surface area contributed by atoms with Gasteiger partial charge in [-0.1, -0.05) is 18.2 Å². The fourth-order valence-electron chi connectivity index (χ4n) is 0.874. The van der Waals surface area contributed by atoms with Crippen LogP contribution in [-0.2, 0) is 0 Å². The van der Waals surface area contributed by atoms with Crippen molar-refractivity contribution in [2.45, 2.75) is 0 Å². The van der Waals surface area contributed by atoms with Crippen LogP contribution in [0.4, 0.5) is 0 Å². The third-order valence-corrected chi connectivity index (χ3v) is 1.47. The zero-order valence-electron chi connectivity index (χ0n) is 7.57. The number of rotatable bonds is 3. The second-order valence-corrected chi connectivity index (χ2v) is 2.95. The van der Waals surface area contributed by atoms with Crippen LogP contribution >= 0.6 is 0 Å². The van der Waals surface area contributed by atoms with E-state index in [-0.39, 0.29) is 0 Å². The zero-order chi connectivity index (χ0) is 8.81. The normalized spacial score (nSPS) is 11.2. The molecule has 0 unspecified atom stereocenters. The molecule has 1 heterocycles. The van der Waals surface area contributed by atoms with Gasteiger partial charge in [0.25, 0.3) is 0 Å². The smallest absolute Gasteiger partial charge is 0.0340 e. The molecule has 0 saturated heterocycles. The van der Waals surface area contributed by atoms with E-state index in [4.69, 9.17) is 0 Å². The second-order valence-electron chi connectivity index (χ2n) is 2.95. The largest absolute Gasteiger partial charge is 0.306 e. The van der Waals surface area contributed by atoms with E-state index in [2.05, 4.69) is 22.0 Å². The topological polar surface area (TPSA) is 16.1 Å². The van der Waals surface area contributed by atoms with Crippen LogP contribution in [0, 0.1) is 0 Å². The van der Waals surface area contributed by atoms with Crippen LogP contribution in [0.5, 0.6) is 0 Å². The lowest BCUT2D eigenvalue weighted by atomic mass is 10.2. The van der Waals surface area contributed by atoms with E-state index >= 15 is 0 Å². The Hall–Kier alpha value is -1.15. The lowest BCUT2D eigenvalue weighted by Crippen LogP contribution is -2.10. The van der Waals surface area contributed by atoms with Gasteiger partial charge in [0.05, 0.1) is 0 Å². The molecule has 0 amide bonds. The summed E-state index contributed by atoms with van der Waals surface area (Å²) in [5.74, 6) is 0. The molecule has 0 aliphatic carbocycles. The van der Waals surface area contributed by atoms with Gasteiger partial charge in [-0.05, 0) is 25.7 Å². The summed E-state index contributed by atoms with van der Waals surface area (Å²) in [7, 11) is 4.10. The Bertz CT molecular complexity index is 239. The SMILES string of the molecule is CN(C)CC=Cc1cccnc1. The zero-order valence-corrected chi connectivity index (χ0v) is 7.57. The average Bonchev–Trinajstić information content (AvgIpc) is 2.05. The monoisotopic (exact) mass is 162 g/mol. The van der Waals surface area contributed by atoms with Crippen LogP contribution in [0.25, 0.3) is 6.08 Å². The van der Waals surface area contributed by atoms with Crippen LogP contribution in [0.1, 0.15) is 5.56 Å². The summed E-state index contributed by atoms with van der Waals surface area (Å²) in [6, 6.07) is 3.98. The predicted molar refractivity (Wildman–Crippen MR) is 51.8 cm³/mol. The van der Waals surface area contributed by atoms with Crippen molar-refractivity contribution in [3.8, 4) is 0 Å². The Balaban J connectivity index is 2.47. The fraction of sp³-hybridized carbons (Fsp3) is 0.300. The van der Waals surface area contributed by atoms with Gasteiger partial charge in [0.2, 0.25) is 0 Å². The van der Waals surface area contributed by atoms with Gasteiger partial charge in [-0.2, -0.15) is 0 Å². The van der Waals surface area contributed by atoms with Gasteiger partial charge in [-0.3, -0.25) is 4.98 Å². The summed E-state index contributed by atoms with van der Waals surface area (Å²) in [5.41, 5.74) is 1.15. The summed E-state index contributed by atoms with van der Waals surface area (Å²) < 4.78 is 0. The van der Waals surface area contributed by atoms with E-state index in [1.165, 1.54) is 0 Å². The second kappa shape index (κ2) is 4.67. The summed E-state index contributed by atoms with van der Waals surface area (Å²) in [6.07, 6.45) is 7.83. The van der Waals surface area contributed by atoms with Gasteiger partial charge < -0.3 is 4.90 Å². The molecule has 0 bridgehead atoms. The first-order chi connectivity index (χ1) is 5.79. The number of hydrogen-bond donors (Lipinski definition) is 0. The Kier molecular flexibility index (Phi) is 3.48. The molecule has 2 nitrogen and oxygen atoms in total. The van der Waals surface area contributed by atoms with E-state index in [1.54, 1.807) is 6.20 Å². The quantitative estimate of drug-likeness (QED) is 0.672. The van der Waals surface area contributed by atoms with Crippen molar-refractivity contribution in [3.63, 3.8) is 0 Å². The van der Waals surface area contributed by atoms with Crippen molar-refractivity contribution in [3.05, 3.63) is 36.2 Å². The third kappa shape index (κ3) is 3.30. The number of likely N-dealkylation sites (N-methyl/N-ethyl adjacent to an activating group) is 1. The van der Waals surface area contributed by atoms with E-state index in [0.717, 1.165) is 12.1 Å². The Labute approximate surface area is 73.5 Å².